The summed E-state index contributed by atoms with van der Waals surface area (Å²) >= 11 is 0. The lowest BCUT2D eigenvalue weighted by Gasteiger charge is -2.22. The van der Waals surface area contributed by atoms with E-state index in [2.05, 4.69) is 5.32 Å². The molecule has 6 heteroatoms. The van der Waals surface area contributed by atoms with Crippen molar-refractivity contribution in [1.29, 1.82) is 0 Å². The van der Waals surface area contributed by atoms with Crippen molar-refractivity contribution in [2.45, 2.75) is 13.1 Å². The molecule has 0 aromatic heterocycles. The minimum atomic E-state index is -4.38. The van der Waals surface area contributed by atoms with Crippen LogP contribution in [0.4, 0.5) is 24.5 Å². The summed E-state index contributed by atoms with van der Waals surface area (Å²) in [4.78, 5) is 13.9. The number of hydrogen-bond donors (Lipinski definition) is 1. The Morgan fingerprint density at radius 3 is 2.17 bits per heavy atom. The maximum Gasteiger partial charge on any atom is 0.416 e. The van der Waals surface area contributed by atoms with Crippen molar-refractivity contribution in [3.63, 3.8) is 0 Å². The zero-order valence-corrected chi connectivity index (χ0v) is 12.6. The summed E-state index contributed by atoms with van der Waals surface area (Å²) in [5.74, 6) is -0.282. The van der Waals surface area contributed by atoms with E-state index in [0.717, 1.165) is 17.8 Å². The van der Waals surface area contributed by atoms with Gasteiger partial charge in [0.1, 0.15) is 0 Å². The molecule has 0 spiro atoms. The van der Waals surface area contributed by atoms with Gasteiger partial charge < -0.3 is 10.2 Å². The molecular weight excluding hydrogens is 305 g/mol. The van der Waals surface area contributed by atoms with E-state index in [4.69, 9.17) is 0 Å². The molecular formula is C17H17F3N2O. The number of halogens is 3. The van der Waals surface area contributed by atoms with Gasteiger partial charge in [-0.05, 0) is 43.3 Å². The van der Waals surface area contributed by atoms with Crippen molar-refractivity contribution in [2.75, 3.05) is 23.3 Å². The zero-order valence-electron chi connectivity index (χ0n) is 12.6. The van der Waals surface area contributed by atoms with E-state index >= 15 is 0 Å². The molecule has 0 bridgehead atoms. The average Bonchev–Trinajstić information content (AvgIpc) is 2.53. The Morgan fingerprint density at radius 1 is 1.04 bits per heavy atom. The number of anilines is 2. The van der Waals surface area contributed by atoms with Crippen LogP contribution in [-0.2, 0) is 11.0 Å². The number of nitrogens with zero attached hydrogens (tertiary/aromatic N) is 1. The van der Waals surface area contributed by atoms with E-state index in [1.807, 2.05) is 42.2 Å². The Morgan fingerprint density at radius 2 is 1.65 bits per heavy atom. The topological polar surface area (TPSA) is 32.3 Å². The predicted molar refractivity (Wildman–Crippen MR) is 84.4 cm³/mol. The number of hydrogen-bond acceptors (Lipinski definition) is 2. The molecule has 0 fully saturated rings. The fourth-order valence-electron chi connectivity index (χ4n) is 2.14. The fourth-order valence-corrected chi connectivity index (χ4v) is 2.14. The highest BCUT2D eigenvalue weighted by molar-refractivity contribution is 5.94. The molecule has 2 aromatic carbocycles. The van der Waals surface area contributed by atoms with Gasteiger partial charge in [0.25, 0.3) is 0 Å². The second kappa shape index (κ2) is 7.17. The number of alkyl halides is 3. The first kappa shape index (κ1) is 16.9. The number of nitrogens with one attached hydrogen (secondary N) is 1. The molecule has 23 heavy (non-hydrogen) atoms. The van der Waals surface area contributed by atoms with Gasteiger partial charge in [-0.2, -0.15) is 13.2 Å². The van der Waals surface area contributed by atoms with Gasteiger partial charge in [-0.15, -0.1) is 0 Å². The highest BCUT2D eigenvalue weighted by Gasteiger charge is 2.29. The van der Waals surface area contributed by atoms with Crippen LogP contribution in [0, 0.1) is 0 Å². The van der Waals surface area contributed by atoms with Gasteiger partial charge in [0.2, 0.25) is 5.91 Å². The molecule has 0 aliphatic carbocycles. The van der Waals surface area contributed by atoms with Crippen LogP contribution in [0.3, 0.4) is 0 Å². The minimum absolute atomic E-state index is 0.127. The summed E-state index contributed by atoms with van der Waals surface area (Å²) in [6.45, 7) is 2.70. The quantitative estimate of drug-likeness (QED) is 0.896. The SMILES string of the molecule is CCN(CC(=O)Nc1ccc(C(F)(F)F)cc1)c1ccccc1. The number of para-hydroxylation sites is 1. The lowest BCUT2D eigenvalue weighted by atomic mass is 10.2. The number of amides is 1. The van der Waals surface area contributed by atoms with E-state index < -0.39 is 11.7 Å². The fraction of sp³-hybridized carbons (Fsp3) is 0.235. The van der Waals surface area contributed by atoms with Crippen LogP contribution >= 0.6 is 0 Å². The van der Waals surface area contributed by atoms with Gasteiger partial charge in [-0.1, -0.05) is 18.2 Å². The van der Waals surface area contributed by atoms with Crippen LogP contribution in [0.25, 0.3) is 0 Å². The second-order valence-corrected chi connectivity index (χ2v) is 4.97. The van der Waals surface area contributed by atoms with Crippen LogP contribution in [0.2, 0.25) is 0 Å². The normalized spacial score (nSPS) is 11.1. The van der Waals surface area contributed by atoms with Crippen LogP contribution in [-0.4, -0.2) is 19.0 Å². The third-order valence-electron chi connectivity index (χ3n) is 3.33. The van der Waals surface area contributed by atoms with E-state index in [1.54, 1.807) is 0 Å². The van der Waals surface area contributed by atoms with E-state index in [0.29, 0.717) is 12.2 Å². The molecule has 0 saturated heterocycles. The number of carbonyl (C=O) groups is 1. The third kappa shape index (κ3) is 4.74. The van der Waals surface area contributed by atoms with Crippen molar-refractivity contribution in [2.24, 2.45) is 0 Å². The molecule has 122 valence electrons. The van der Waals surface area contributed by atoms with Crippen molar-refractivity contribution in [3.05, 3.63) is 60.2 Å². The molecule has 0 saturated carbocycles. The largest absolute Gasteiger partial charge is 0.416 e. The van der Waals surface area contributed by atoms with E-state index in [1.165, 1.54) is 12.1 Å². The molecule has 1 N–H and O–H groups in total. The molecule has 2 rings (SSSR count). The van der Waals surface area contributed by atoms with E-state index in [-0.39, 0.29) is 12.5 Å². The van der Waals surface area contributed by atoms with Crippen molar-refractivity contribution in [1.82, 2.24) is 0 Å². The number of rotatable bonds is 5. The van der Waals surface area contributed by atoms with Gasteiger partial charge in [0, 0.05) is 17.9 Å². The summed E-state index contributed by atoms with van der Waals surface area (Å²) in [6.07, 6.45) is -4.38. The van der Waals surface area contributed by atoms with Crippen LogP contribution in [0.1, 0.15) is 12.5 Å². The first-order valence-corrected chi connectivity index (χ1v) is 7.17. The molecule has 0 radical (unpaired) electrons. The molecule has 2 aromatic rings. The predicted octanol–water partition coefficient (Wildman–Crippen LogP) is 4.17. The first-order chi connectivity index (χ1) is 10.9. The van der Waals surface area contributed by atoms with Crippen molar-refractivity contribution < 1.29 is 18.0 Å². The summed E-state index contributed by atoms with van der Waals surface area (Å²) in [5, 5.41) is 2.61. The Hall–Kier alpha value is -2.50. The highest BCUT2D eigenvalue weighted by Crippen LogP contribution is 2.29. The Kier molecular flexibility index (Phi) is 5.26. The standard InChI is InChI=1S/C17H17F3N2O/c1-2-22(15-6-4-3-5-7-15)12-16(23)21-14-10-8-13(9-11-14)17(18,19)20/h3-11H,2,12H2,1H3,(H,21,23). The van der Waals surface area contributed by atoms with Gasteiger partial charge in [-0.25, -0.2) is 0 Å². The maximum atomic E-state index is 12.5. The average molecular weight is 322 g/mol. The van der Waals surface area contributed by atoms with Crippen LogP contribution in [0.5, 0.6) is 0 Å². The molecule has 3 nitrogen and oxygen atoms in total. The van der Waals surface area contributed by atoms with Gasteiger partial charge in [0.05, 0.1) is 12.1 Å². The molecule has 0 atom stereocenters. The van der Waals surface area contributed by atoms with Crippen molar-refractivity contribution in [3.8, 4) is 0 Å². The second-order valence-electron chi connectivity index (χ2n) is 4.97. The minimum Gasteiger partial charge on any atom is -0.362 e. The molecule has 0 heterocycles. The molecule has 0 aliphatic rings. The molecule has 0 unspecified atom stereocenters. The van der Waals surface area contributed by atoms with E-state index in [9.17, 15) is 18.0 Å². The Balaban J connectivity index is 1.99. The third-order valence-corrected chi connectivity index (χ3v) is 3.33. The Labute approximate surface area is 132 Å². The number of likely N-dealkylation sites (N-methyl/N-ethyl adjacent to an activating group) is 1. The van der Waals surface area contributed by atoms with Gasteiger partial charge >= 0.3 is 6.18 Å². The zero-order chi connectivity index (χ0) is 16.9. The highest BCUT2D eigenvalue weighted by atomic mass is 19.4. The maximum absolute atomic E-state index is 12.5. The van der Waals surface area contributed by atoms with Gasteiger partial charge in [0.15, 0.2) is 0 Å². The molecule has 1 amide bonds. The smallest absolute Gasteiger partial charge is 0.362 e. The summed E-state index contributed by atoms with van der Waals surface area (Å²) in [6, 6.07) is 13.8. The number of carbonyl (C=O) groups excluding carboxylic acids is 1. The number of benzene rings is 2. The molecule has 0 aliphatic heterocycles. The van der Waals surface area contributed by atoms with Crippen molar-refractivity contribution >= 4 is 17.3 Å². The van der Waals surface area contributed by atoms with Gasteiger partial charge in [-0.3, -0.25) is 4.79 Å². The van der Waals surface area contributed by atoms with Crippen LogP contribution < -0.4 is 10.2 Å². The summed E-state index contributed by atoms with van der Waals surface area (Å²) in [5.41, 5.74) is 0.514. The Bertz CT molecular complexity index is 639. The summed E-state index contributed by atoms with van der Waals surface area (Å²) < 4.78 is 37.5. The monoisotopic (exact) mass is 322 g/mol. The first-order valence-electron chi connectivity index (χ1n) is 7.17. The van der Waals surface area contributed by atoms with Crippen LogP contribution in [0.15, 0.2) is 54.6 Å². The lowest BCUT2D eigenvalue weighted by Crippen LogP contribution is -2.33. The summed E-state index contributed by atoms with van der Waals surface area (Å²) in [7, 11) is 0. The lowest BCUT2D eigenvalue weighted by molar-refractivity contribution is -0.137.